The van der Waals surface area contributed by atoms with E-state index in [0.717, 1.165) is 27.8 Å². The lowest BCUT2D eigenvalue weighted by Gasteiger charge is -2.15. The number of nitrogens with one attached hydrogen (secondary N) is 2. The fraction of sp³-hybridized carbons (Fsp3) is 0.316. The minimum Gasteiger partial charge on any atom is -0.494 e. The number of thioether (sulfide) groups is 1. The summed E-state index contributed by atoms with van der Waals surface area (Å²) in [6.45, 7) is 3.86. The molecule has 2 rings (SSSR count). The number of rotatable bonds is 8. The summed E-state index contributed by atoms with van der Waals surface area (Å²) in [6, 6.07) is 15.9. The Bertz CT molecular complexity index is 659. The van der Waals surface area contributed by atoms with Gasteiger partial charge in [-0.15, -0.1) is 11.8 Å². The number of hydrogen-bond donors (Lipinski definition) is 2. The molecule has 1 amide bonds. The molecule has 1 atom stereocenters. The summed E-state index contributed by atoms with van der Waals surface area (Å²) >= 11 is 1.63. The molecule has 0 aliphatic carbocycles. The highest BCUT2D eigenvalue weighted by Gasteiger charge is 2.12. The molecule has 2 aromatic rings. The van der Waals surface area contributed by atoms with Crippen LogP contribution in [-0.2, 0) is 11.3 Å². The summed E-state index contributed by atoms with van der Waals surface area (Å²) in [5.41, 5.74) is 2.07. The third kappa shape index (κ3) is 5.58. The molecular formula is C19H25N2O2S+. The van der Waals surface area contributed by atoms with Gasteiger partial charge in [0.25, 0.3) is 5.91 Å². The molecule has 0 aliphatic heterocycles. The van der Waals surface area contributed by atoms with E-state index < -0.39 is 0 Å². The third-order valence-electron chi connectivity index (χ3n) is 3.58. The van der Waals surface area contributed by atoms with Gasteiger partial charge in [0.15, 0.2) is 6.54 Å². The van der Waals surface area contributed by atoms with E-state index in [-0.39, 0.29) is 5.91 Å². The number of carbonyl (C=O) groups is 1. The summed E-state index contributed by atoms with van der Waals surface area (Å²) < 4.78 is 5.45. The summed E-state index contributed by atoms with van der Waals surface area (Å²) in [5, 5.41) is 3.00. The zero-order valence-corrected chi connectivity index (χ0v) is 15.3. The first-order chi connectivity index (χ1) is 11.6. The van der Waals surface area contributed by atoms with Gasteiger partial charge in [-0.2, -0.15) is 0 Å². The Morgan fingerprint density at radius 3 is 2.54 bits per heavy atom. The van der Waals surface area contributed by atoms with Crippen molar-refractivity contribution in [3.8, 4) is 5.75 Å². The zero-order chi connectivity index (χ0) is 17.4. The Kier molecular flexibility index (Phi) is 7.15. The van der Waals surface area contributed by atoms with E-state index >= 15 is 0 Å². The predicted molar refractivity (Wildman–Crippen MR) is 99.9 cm³/mol. The Labute approximate surface area is 148 Å². The molecule has 5 heteroatoms. The average molecular weight is 345 g/mol. The van der Waals surface area contributed by atoms with E-state index in [1.165, 1.54) is 5.56 Å². The molecule has 0 saturated carbocycles. The van der Waals surface area contributed by atoms with Crippen LogP contribution in [0.5, 0.6) is 5.75 Å². The van der Waals surface area contributed by atoms with Crippen LogP contribution in [0.25, 0.3) is 0 Å². The number of benzene rings is 2. The number of hydrogen-bond acceptors (Lipinski definition) is 3. The van der Waals surface area contributed by atoms with Crippen LogP contribution < -0.4 is 15.0 Å². The lowest BCUT2D eigenvalue weighted by Crippen LogP contribution is -3.08. The number of anilines is 1. The molecule has 2 aromatic carbocycles. The number of carbonyl (C=O) groups excluding carboxylic acids is 1. The second-order valence-corrected chi connectivity index (χ2v) is 6.48. The highest BCUT2D eigenvalue weighted by atomic mass is 32.2. The highest BCUT2D eigenvalue weighted by molar-refractivity contribution is 7.98. The summed E-state index contributed by atoms with van der Waals surface area (Å²) in [4.78, 5) is 14.5. The van der Waals surface area contributed by atoms with Crippen molar-refractivity contribution < 1.29 is 14.4 Å². The molecule has 0 heterocycles. The van der Waals surface area contributed by atoms with E-state index in [4.69, 9.17) is 4.74 Å². The van der Waals surface area contributed by atoms with Gasteiger partial charge in [-0.05, 0) is 49.6 Å². The van der Waals surface area contributed by atoms with Gasteiger partial charge in [-0.25, -0.2) is 0 Å². The Balaban J connectivity index is 1.87. The van der Waals surface area contributed by atoms with Gasteiger partial charge in [-0.1, -0.05) is 12.1 Å². The molecule has 4 nitrogen and oxygen atoms in total. The molecular weight excluding hydrogens is 320 g/mol. The first-order valence-corrected chi connectivity index (χ1v) is 9.30. The van der Waals surface area contributed by atoms with Gasteiger partial charge >= 0.3 is 0 Å². The van der Waals surface area contributed by atoms with Crippen molar-refractivity contribution in [1.82, 2.24) is 0 Å². The maximum atomic E-state index is 12.3. The standard InChI is InChI=1S/C19H24N2O2S/c1-4-23-16-11-9-15(10-12-16)13-21(2)14-19(22)20-17-7-5-6-8-18(17)24-3/h5-12H,4,13-14H2,1-3H3,(H,20,22)/p+1. The first-order valence-electron chi connectivity index (χ1n) is 8.08. The number of quaternary nitrogens is 1. The van der Waals surface area contributed by atoms with Crippen LogP contribution in [0.15, 0.2) is 53.4 Å². The maximum Gasteiger partial charge on any atom is 0.279 e. The first kappa shape index (κ1) is 18.4. The van der Waals surface area contributed by atoms with Crippen molar-refractivity contribution in [2.75, 3.05) is 31.8 Å². The van der Waals surface area contributed by atoms with Crippen molar-refractivity contribution >= 4 is 23.4 Å². The fourth-order valence-electron chi connectivity index (χ4n) is 2.50. The van der Waals surface area contributed by atoms with Gasteiger partial charge in [0, 0.05) is 10.5 Å². The molecule has 0 saturated heterocycles. The third-order valence-corrected chi connectivity index (χ3v) is 4.38. The van der Waals surface area contributed by atoms with Crippen LogP contribution in [0.3, 0.4) is 0 Å². The molecule has 0 aromatic heterocycles. The summed E-state index contributed by atoms with van der Waals surface area (Å²) in [6.07, 6.45) is 2.01. The fourth-order valence-corrected chi connectivity index (χ4v) is 3.05. The van der Waals surface area contributed by atoms with E-state index in [9.17, 15) is 4.79 Å². The largest absolute Gasteiger partial charge is 0.494 e. The van der Waals surface area contributed by atoms with Crippen LogP contribution in [0.4, 0.5) is 5.69 Å². The lowest BCUT2D eigenvalue weighted by atomic mass is 10.2. The molecule has 0 bridgehead atoms. The molecule has 0 fully saturated rings. The second kappa shape index (κ2) is 9.35. The zero-order valence-electron chi connectivity index (χ0n) is 14.5. The summed E-state index contributed by atoms with van der Waals surface area (Å²) in [7, 11) is 2.02. The second-order valence-electron chi connectivity index (χ2n) is 5.64. The van der Waals surface area contributed by atoms with Gasteiger partial charge in [-0.3, -0.25) is 4.79 Å². The molecule has 2 N–H and O–H groups in total. The van der Waals surface area contributed by atoms with Crippen molar-refractivity contribution in [1.29, 1.82) is 0 Å². The topological polar surface area (TPSA) is 42.8 Å². The maximum absolute atomic E-state index is 12.3. The number of likely N-dealkylation sites (N-methyl/N-ethyl adjacent to an activating group) is 1. The lowest BCUT2D eigenvalue weighted by molar-refractivity contribution is -0.885. The van der Waals surface area contributed by atoms with Gasteiger partial charge in [0.2, 0.25) is 0 Å². The quantitative estimate of drug-likeness (QED) is 0.722. The molecule has 0 aliphatic rings. The Hall–Kier alpha value is -1.98. The molecule has 24 heavy (non-hydrogen) atoms. The Morgan fingerprint density at radius 1 is 1.17 bits per heavy atom. The van der Waals surface area contributed by atoms with E-state index in [2.05, 4.69) is 17.4 Å². The van der Waals surface area contributed by atoms with Crippen LogP contribution in [0.1, 0.15) is 12.5 Å². The SMILES string of the molecule is CCOc1ccc(C[NH+](C)CC(=O)Nc2ccccc2SC)cc1. The molecule has 1 unspecified atom stereocenters. The minimum atomic E-state index is 0.0277. The van der Waals surface area contributed by atoms with Crippen molar-refractivity contribution in [2.24, 2.45) is 0 Å². The molecule has 128 valence electrons. The number of amides is 1. The molecule has 0 spiro atoms. The summed E-state index contributed by atoms with van der Waals surface area (Å²) in [5.74, 6) is 0.908. The van der Waals surface area contributed by atoms with Crippen LogP contribution in [0, 0.1) is 0 Å². The highest BCUT2D eigenvalue weighted by Crippen LogP contribution is 2.24. The van der Waals surface area contributed by atoms with E-state index in [0.29, 0.717) is 13.2 Å². The van der Waals surface area contributed by atoms with Crippen LogP contribution in [-0.4, -0.2) is 32.4 Å². The number of ether oxygens (including phenoxy) is 1. The average Bonchev–Trinajstić information content (AvgIpc) is 2.57. The smallest absolute Gasteiger partial charge is 0.279 e. The van der Waals surface area contributed by atoms with Crippen LogP contribution in [0.2, 0.25) is 0 Å². The predicted octanol–water partition coefficient (Wildman–Crippen LogP) is 2.46. The van der Waals surface area contributed by atoms with E-state index in [1.807, 2.05) is 56.6 Å². The van der Waals surface area contributed by atoms with Crippen LogP contribution >= 0.6 is 11.8 Å². The van der Waals surface area contributed by atoms with Gasteiger partial charge < -0.3 is 15.0 Å². The number of para-hydroxylation sites is 1. The Morgan fingerprint density at radius 2 is 1.88 bits per heavy atom. The van der Waals surface area contributed by atoms with Crippen molar-refractivity contribution in [3.05, 3.63) is 54.1 Å². The molecule has 0 radical (unpaired) electrons. The van der Waals surface area contributed by atoms with Crippen molar-refractivity contribution in [3.63, 3.8) is 0 Å². The monoisotopic (exact) mass is 345 g/mol. The van der Waals surface area contributed by atoms with E-state index in [1.54, 1.807) is 11.8 Å². The van der Waals surface area contributed by atoms with Crippen molar-refractivity contribution in [2.45, 2.75) is 18.4 Å². The van der Waals surface area contributed by atoms with Gasteiger partial charge in [0.1, 0.15) is 12.3 Å². The normalized spacial score (nSPS) is 11.8. The van der Waals surface area contributed by atoms with Gasteiger partial charge in [0.05, 0.1) is 19.3 Å². The minimum absolute atomic E-state index is 0.0277.